The summed E-state index contributed by atoms with van der Waals surface area (Å²) >= 11 is 0. The van der Waals surface area contributed by atoms with E-state index in [-0.39, 0.29) is 5.69 Å². The van der Waals surface area contributed by atoms with E-state index in [4.69, 9.17) is 0 Å². The normalized spacial score (nSPS) is 11.3. The van der Waals surface area contributed by atoms with Crippen LogP contribution in [0.3, 0.4) is 0 Å². The lowest BCUT2D eigenvalue weighted by Gasteiger charge is -2.16. The Hall–Kier alpha value is -2.69. The van der Waals surface area contributed by atoms with E-state index in [1.807, 2.05) is 50.2 Å². The third-order valence-electron chi connectivity index (χ3n) is 3.01. The van der Waals surface area contributed by atoms with Gasteiger partial charge in [-0.15, -0.1) is 0 Å². The molecule has 2 aromatic carbocycles. The van der Waals surface area contributed by atoms with Gasteiger partial charge in [-0.05, 0) is 13.0 Å². The fraction of sp³-hybridized carbons (Fsp3) is 0.188. The lowest BCUT2D eigenvalue weighted by Crippen LogP contribution is -2.22. The number of hydrogen-bond donors (Lipinski definition) is 0. The van der Waals surface area contributed by atoms with Crippen LogP contribution in [0.15, 0.2) is 53.5 Å². The SMILES string of the molecule is Cc1ccc(C(=Nc2cccc([N+](=O)[O-])c2)N(C)C)cc1. The van der Waals surface area contributed by atoms with Crippen LogP contribution in [0, 0.1) is 17.0 Å². The van der Waals surface area contributed by atoms with Crippen LogP contribution in [0.4, 0.5) is 11.4 Å². The molecule has 2 aromatic rings. The number of nitrogens with zero attached hydrogens (tertiary/aromatic N) is 3. The number of nitro benzene ring substituents is 1. The van der Waals surface area contributed by atoms with Crippen LogP contribution in [0.5, 0.6) is 0 Å². The highest BCUT2D eigenvalue weighted by molar-refractivity contribution is 6.00. The van der Waals surface area contributed by atoms with Gasteiger partial charge in [0.2, 0.25) is 0 Å². The molecule has 5 heteroatoms. The number of benzene rings is 2. The zero-order chi connectivity index (χ0) is 15.4. The smallest absolute Gasteiger partial charge is 0.271 e. The van der Waals surface area contributed by atoms with Crippen LogP contribution in [0.25, 0.3) is 0 Å². The van der Waals surface area contributed by atoms with Crippen LogP contribution in [0.2, 0.25) is 0 Å². The second-order valence-electron chi connectivity index (χ2n) is 4.97. The monoisotopic (exact) mass is 283 g/mol. The molecule has 0 bridgehead atoms. The minimum atomic E-state index is -0.416. The molecule has 0 fully saturated rings. The molecule has 0 saturated carbocycles. The number of rotatable bonds is 3. The van der Waals surface area contributed by atoms with Crippen molar-refractivity contribution in [1.29, 1.82) is 0 Å². The van der Waals surface area contributed by atoms with Gasteiger partial charge in [0.15, 0.2) is 0 Å². The second-order valence-corrected chi connectivity index (χ2v) is 4.97. The van der Waals surface area contributed by atoms with Crippen molar-refractivity contribution in [3.63, 3.8) is 0 Å². The van der Waals surface area contributed by atoms with Crippen LogP contribution >= 0.6 is 0 Å². The average Bonchev–Trinajstić information content (AvgIpc) is 2.46. The van der Waals surface area contributed by atoms with Gasteiger partial charge in [0.25, 0.3) is 5.69 Å². The third-order valence-corrected chi connectivity index (χ3v) is 3.01. The topological polar surface area (TPSA) is 58.7 Å². The predicted molar refractivity (Wildman–Crippen MR) is 84.2 cm³/mol. The van der Waals surface area contributed by atoms with Gasteiger partial charge in [0, 0.05) is 31.8 Å². The summed E-state index contributed by atoms with van der Waals surface area (Å²) in [6.45, 7) is 2.02. The number of amidine groups is 1. The van der Waals surface area contributed by atoms with E-state index in [0.717, 1.165) is 11.4 Å². The number of aryl methyl sites for hydroxylation is 1. The molecule has 0 aliphatic heterocycles. The summed E-state index contributed by atoms with van der Waals surface area (Å²) in [5.41, 5.74) is 2.75. The first-order valence-corrected chi connectivity index (χ1v) is 6.55. The second kappa shape index (κ2) is 6.17. The highest BCUT2D eigenvalue weighted by Gasteiger charge is 2.09. The molecule has 108 valence electrons. The Morgan fingerprint density at radius 1 is 1.14 bits per heavy atom. The highest BCUT2D eigenvalue weighted by Crippen LogP contribution is 2.21. The van der Waals surface area contributed by atoms with Gasteiger partial charge in [-0.25, -0.2) is 4.99 Å². The molecule has 0 aromatic heterocycles. The van der Waals surface area contributed by atoms with Crippen molar-refractivity contribution in [3.05, 3.63) is 69.8 Å². The molecule has 0 N–H and O–H groups in total. The van der Waals surface area contributed by atoms with Crippen LogP contribution in [-0.2, 0) is 0 Å². The van der Waals surface area contributed by atoms with Crippen molar-refractivity contribution in [3.8, 4) is 0 Å². The first-order valence-electron chi connectivity index (χ1n) is 6.55. The highest BCUT2D eigenvalue weighted by atomic mass is 16.6. The number of nitro groups is 1. The van der Waals surface area contributed by atoms with Crippen LogP contribution in [0.1, 0.15) is 11.1 Å². The lowest BCUT2D eigenvalue weighted by molar-refractivity contribution is -0.384. The minimum Gasteiger partial charge on any atom is -0.362 e. The van der Waals surface area contributed by atoms with E-state index in [2.05, 4.69) is 4.99 Å². The lowest BCUT2D eigenvalue weighted by atomic mass is 10.1. The van der Waals surface area contributed by atoms with Crippen molar-refractivity contribution >= 4 is 17.2 Å². The van der Waals surface area contributed by atoms with Gasteiger partial charge in [-0.1, -0.05) is 35.9 Å². The maximum Gasteiger partial charge on any atom is 0.271 e. The molecule has 0 radical (unpaired) electrons. The summed E-state index contributed by atoms with van der Waals surface area (Å²) in [6.07, 6.45) is 0. The standard InChI is InChI=1S/C16H17N3O2/c1-12-7-9-13(10-8-12)16(18(2)3)17-14-5-4-6-15(11-14)19(20)21/h4-11H,1-3H3. The molecule has 0 aliphatic rings. The number of non-ortho nitro benzene ring substituents is 1. The maximum atomic E-state index is 10.8. The number of aliphatic imine (C=N–C) groups is 1. The van der Waals surface area contributed by atoms with Crippen molar-refractivity contribution in [1.82, 2.24) is 4.90 Å². The zero-order valence-corrected chi connectivity index (χ0v) is 12.3. The summed E-state index contributed by atoms with van der Waals surface area (Å²) in [5.74, 6) is 0.760. The Labute approximate surface area is 123 Å². The average molecular weight is 283 g/mol. The Balaban J connectivity index is 2.44. The summed E-state index contributed by atoms with van der Waals surface area (Å²) in [5, 5.41) is 10.8. The van der Waals surface area contributed by atoms with Crippen molar-refractivity contribution in [2.45, 2.75) is 6.92 Å². The summed E-state index contributed by atoms with van der Waals surface area (Å²) in [4.78, 5) is 16.8. The minimum absolute atomic E-state index is 0.0401. The summed E-state index contributed by atoms with van der Waals surface area (Å²) in [6, 6.07) is 14.3. The fourth-order valence-electron chi connectivity index (χ4n) is 1.92. The van der Waals surface area contributed by atoms with E-state index in [1.54, 1.807) is 12.1 Å². The number of hydrogen-bond acceptors (Lipinski definition) is 3. The van der Waals surface area contributed by atoms with Crippen molar-refractivity contribution in [2.24, 2.45) is 4.99 Å². The summed E-state index contributed by atoms with van der Waals surface area (Å²) < 4.78 is 0. The molecule has 0 amide bonds. The molecule has 0 spiro atoms. The van der Waals surface area contributed by atoms with E-state index in [1.165, 1.54) is 17.7 Å². The molecule has 0 heterocycles. The Kier molecular flexibility index (Phi) is 4.33. The fourth-order valence-corrected chi connectivity index (χ4v) is 1.92. The van der Waals surface area contributed by atoms with Gasteiger partial charge in [-0.2, -0.15) is 0 Å². The van der Waals surface area contributed by atoms with Crippen molar-refractivity contribution in [2.75, 3.05) is 14.1 Å². The summed E-state index contributed by atoms with van der Waals surface area (Å²) in [7, 11) is 3.80. The van der Waals surface area contributed by atoms with Gasteiger partial charge in [-0.3, -0.25) is 10.1 Å². The van der Waals surface area contributed by atoms with Crippen LogP contribution < -0.4 is 0 Å². The molecular weight excluding hydrogens is 266 g/mol. The maximum absolute atomic E-state index is 10.8. The largest absolute Gasteiger partial charge is 0.362 e. The predicted octanol–water partition coefficient (Wildman–Crippen LogP) is 3.54. The van der Waals surface area contributed by atoms with E-state index < -0.39 is 4.92 Å². The van der Waals surface area contributed by atoms with Gasteiger partial charge in [0.05, 0.1) is 10.6 Å². The van der Waals surface area contributed by atoms with Crippen molar-refractivity contribution < 1.29 is 4.92 Å². The molecule has 5 nitrogen and oxygen atoms in total. The Morgan fingerprint density at radius 2 is 1.81 bits per heavy atom. The quantitative estimate of drug-likeness (QED) is 0.374. The van der Waals surface area contributed by atoms with E-state index in [9.17, 15) is 10.1 Å². The van der Waals surface area contributed by atoms with Gasteiger partial charge < -0.3 is 4.90 Å². The third kappa shape index (κ3) is 3.66. The van der Waals surface area contributed by atoms with E-state index >= 15 is 0 Å². The molecule has 21 heavy (non-hydrogen) atoms. The Bertz CT molecular complexity index is 676. The molecule has 0 unspecified atom stereocenters. The van der Waals surface area contributed by atoms with Gasteiger partial charge in [0.1, 0.15) is 5.84 Å². The van der Waals surface area contributed by atoms with Crippen LogP contribution in [-0.4, -0.2) is 29.8 Å². The Morgan fingerprint density at radius 3 is 2.38 bits per heavy atom. The van der Waals surface area contributed by atoms with E-state index in [0.29, 0.717) is 5.69 Å². The van der Waals surface area contributed by atoms with Gasteiger partial charge >= 0.3 is 0 Å². The molecule has 2 rings (SSSR count). The molecule has 0 aliphatic carbocycles. The first kappa shape index (κ1) is 14.7. The molecule has 0 saturated heterocycles. The zero-order valence-electron chi connectivity index (χ0n) is 12.3. The molecular formula is C16H17N3O2. The molecule has 0 atom stereocenters. The first-order chi connectivity index (χ1) is 9.97.